The second-order valence-electron chi connectivity index (χ2n) is 2.08. The molecule has 0 heterocycles. The molecule has 0 aromatic heterocycles. The van der Waals surface area contributed by atoms with Crippen molar-refractivity contribution in [2.24, 2.45) is 0 Å². The summed E-state index contributed by atoms with van der Waals surface area (Å²) in [4.78, 5) is 0. The van der Waals surface area contributed by atoms with Crippen molar-refractivity contribution in [3.63, 3.8) is 0 Å². The molecule has 0 aromatic rings. The molecule has 3 N–H and O–H groups in total. The van der Waals surface area contributed by atoms with Crippen LogP contribution in [0.5, 0.6) is 0 Å². The highest BCUT2D eigenvalue weighted by Gasteiger charge is 2.21. The molecule has 1 nitrogen and oxygen atoms in total. The average molecular weight is 146 g/mol. The molecule has 0 rings (SSSR count). The maximum atomic E-state index is 11.5. The molecule has 4 heteroatoms. The van der Waals surface area contributed by atoms with Gasteiger partial charge in [0.15, 0.2) is 0 Å². The lowest BCUT2D eigenvalue weighted by molar-refractivity contribution is -0.475. The van der Waals surface area contributed by atoms with Crippen LogP contribution in [0, 0.1) is 0 Å². The summed E-state index contributed by atoms with van der Waals surface area (Å²) in [6.45, 7) is 0.0556. The molecule has 0 saturated heterocycles. The van der Waals surface area contributed by atoms with Crippen molar-refractivity contribution in [2.75, 3.05) is 13.3 Å². The van der Waals surface area contributed by atoms with Gasteiger partial charge in [0.05, 0.1) is 0 Å². The van der Waals surface area contributed by atoms with Gasteiger partial charge in [-0.05, 0) is 6.92 Å². The van der Waals surface area contributed by atoms with Crippen molar-refractivity contribution in [3.05, 3.63) is 0 Å². The molecule has 0 spiro atoms. The number of hydrogen-bond donors (Lipinski definition) is 1. The second-order valence-corrected chi connectivity index (χ2v) is 2.08. The van der Waals surface area contributed by atoms with Crippen LogP contribution < -0.4 is 18.1 Å². The van der Waals surface area contributed by atoms with Gasteiger partial charge in [0, 0.05) is 0 Å². The third-order valence-electron chi connectivity index (χ3n) is 0.645. The van der Waals surface area contributed by atoms with Crippen LogP contribution in [0.25, 0.3) is 0 Å². The Morgan fingerprint density at radius 1 is 1.38 bits per heavy atom. The zero-order valence-electron chi connectivity index (χ0n) is 4.76. The molecule has 0 unspecified atom stereocenters. The predicted octanol–water partition coefficient (Wildman–Crippen LogP) is -3.07. The minimum atomic E-state index is -1.00. The minimum absolute atomic E-state index is 0. The molecule has 0 bridgehead atoms. The van der Waals surface area contributed by atoms with Crippen LogP contribution in [-0.2, 0) is 0 Å². The van der Waals surface area contributed by atoms with E-state index in [0.717, 1.165) is 0 Å². The molecule has 0 aliphatic rings. The fourth-order valence-corrected chi connectivity index (χ4v) is 0.0357. The van der Waals surface area contributed by atoms with Crippen LogP contribution in [0.4, 0.5) is 8.78 Å². The highest BCUT2D eigenvalue weighted by Crippen LogP contribution is 1.95. The van der Waals surface area contributed by atoms with Crippen LogP contribution in [0.1, 0.15) is 6.92 Å². The maximum Gasteiger partial charge on any atom is 0.149 e. The Morgan fingerprint density at radius 3 is 1.62 bits per heavy atom. The van der Waals surface area contributed by atoms with Crippen LogP contribution in [0.15, 0.2) is 0 Å². The molecule has 0 fully saturated rings. The Kier molecular flexibility index (Phi) is 5.54. The predicted molar refractivity (Wildman–Crippen MR) is 23.2 cm³/mol. The first-order valence-corrected chi connectivity index (χ1v) is 2.10. The largest absolute Gasteiger partial charge is 1.00 e. The standard InChI is InChI=1S/C4H9F2N.ClH/c1-4(7,2-5)3-6;/h2-3,7H2,1H3;1H. The van der Waals surface area contributed by atoms with E-state index in [9.17, 15) is 8.78 Å². The van der Waals surface area contributed by atoms with E-state index in [1.54, 1.807) is 0 Å². The second kappa shape index (κ2) is 4.04. The Bertz CT molecular complexity index is 52.0. The van der Waals surface area contributed by atoms with Gasteiger partial charge in [0.1, 0.15) is 18.9 Å². The van der Waals surface area contributed by atoms with Crippen molar-refractivity contribution in [1.29, 1.82) is 0 Å². The van der Waals surface area contributed by atoms with Crippen LogP contribution >= 0.6 is 0 Å². The SMILES string of the molecule is CC([NH3+])(CF)CF.[Cl-]. The number of alkyl halides is 2. The fraction of sp³-hybridized carbons (Fsp3) is 1.00. The van der Waals surface area contributed by atoms with E-state index in [1.807, 2.05) is 0 Å². The molecule has 0 atom stereocenters. The smallest absolute Gasteiger partial charge is 0.149 e. The van der Waals surface area contributed by atoms with Gasteiger partial charge in [-0.25, -0.2) is 8.78 Å². The lowest BCUT2D eigenvalue weighted by Gasteiger charge is -2.09. The van der Waals surface area contributed by atoms with E-state index in [0.29, 0.717) is 0 Å². The highest BCUT2D eigenvalue weighted by atomic mass is 35.5. The molecule has 0 aliphatic heterocycles. The van der Waals surface area contributed by atoms with Crippen LogP contribution in [0.3, 0.4) is 0 Å². The summed E-state index contributed by atoms with van der Waals surface area (Å²) >= 11 is 0. The van der Waals surface area contributed by atoms with E-state index in [1.165, 1.54) is 6.92 Å². The number of quaternary nitrogens is 1. The first-order valence-electron chi connectivity index (χ1n) is 2.10. The van der Waals surface area contributed by atoms with Crippen LogP contribution in [-0.4, -0.2) is 18.9 Å². The van der Waals surface area contributed by atoms with Gasteiger partial charge in [-0.3, -0.25) is 0 Å². The number of halogens is 3. The maximum absolute atomic E-state index is 11.5. The van der Waals surface area contributed by atoms with Gasteiger partial charge >= 0.3 is 0 Å². The summed E-state index contributed by atoms with van der Waals surface area (Å²) in [6.07, 6.45) is 0. The van der Waals surface area contributed by atoms with Gasteiger partial charge in [-0.1, -0.05) is 0 Å². The van der Waals surface area contributed by atoms with Gasteiger partial charge < -0.3 is 18.1 Å². The quantitative estimate of drug-likeness (QED) is 0.427. The Balaban J connectivity index is 0. The van der Waals surface area contributed by atoms with Crippen molar-refractivity contribution in [1.82, 2.24) is 0 Å². The van der Waals surface area contributed by atoms with Crippen LogP contribution in [0.2, 0.25) is 0 Å². The third-order valence-corrected chi connectivity index (χ3v) is 0.645. The first kappa shape index (κ1) is 11.0. The van der Waals surface area contributed by atoms with Crippen molar-refractivity contribution in [3.8, 4) is 0 Å². The lowest BCUT2D eigenvalue weighted by Crippen LogP contribution is -3.00. The average Bonchev–Trinajstić information content (AvgIpc) is 1.68. The monoisotopic (exact) mass is 145 g/mol. The minimum Gasteiger partial charge on any atom is -1.00 e. The zero-order valence-corrected chi connectivity index (χ0v) is 5.51. The first-order chi connectivity index (χ1) is 3.12. The van der Waals surface area contributed by atoms with Crippen molar-refractivity contribution >= 4 is 0 Å². The van der Waals surface area contributed by atoms with Crippen molar-refractivity contribution in [2.45, 2.75) is 12.5 Å². The molecule has 0 amide bonds. The molecule has 0 aromatic carbocycles. The fourth-order valence-electron chi connectivity index (χ4n) is 0.0357. The normalized spacial score (nSPS) is 10.5. The Hall–Kier alpha value is 0.110. The molecular weight excluding hydrogens is 136 g/mol. The topological polar surface area (TPSA) is 27.6 Å². The van der Waals surface area contributed by atoms with Crippen molar-refractivity contribution < 1.29 is 26.9 Å². The van der Waals surface area contributed by atoms with Gasteiger partial charge in [-0.2, -0.15) is 0 Å². The lowest BCUT2D eigenvalue weighted by atomic mass is 10.1. The summed E-state index contributed by atoms with van der Waals surface area (Å²) in [5, 5.41) is 0. The number of hydrogen-bond acceptors (Lipinski definition) is 0. The molecule has 0 saturated carbocycles. The molecule has 52 valence electrons. The third kappa shape index (κ3) is 4.27. The summed E-state index contributed by atoms with van der Waals surface area (Å²) in [5.41, 5.74) is 2.26. The van der Waals surface area contributed by atoms with Gasteiger partial charge in [0.2, 0.25) is 0 Å². The summed E-state index contributed by atoms with van der Waals surface area (Å²) in [5.74, 6) is 0. The molecule has 8 heavy (non-hydrogen) atoms. The Morgan fingerprint density at radius 2 is 1.62 bits per heavy atom. The van der Waals surface area contributed by atoms with E-state index in [-0.39, 0.29) is 12.4 Å². The van der Waals surface area contributed by atoms with E-state index >= 15 is 0 Å². The summed E-state index contributed by atoms with van der Waals surface area (Å²) < 4.78 is 22.9. The molecule has 0 radical (unpaired) electrons. The molecular formula is C4H10ClF2N. The zero-order chi connectivity index (χ0) is 5.91. The Labute approximate surface area is 53.7 Å². The van der Waals surface area contributed by atoms with E-state index in [2.05, 4.69) is 5.73 Å². The van der Waals surface area contributed by atoms with Gasteiger partial charge in [0.25, 0.3) is 0 Å². The number of rotatable bonds is 2. The van der Waals surface area contributed by atoms with E-state index < -0.39 is 18.9 Å². The van der Waals surface area contributed by atoms with Gasteiger partial charge in [-0.15, -0.1) is 0 Å². The molecule has 0 aliphatic carbocycles. The summed E-state index contributed by atoms with van der Waals surface area (Å²) in [7, 11) is 0. The highest BCUT2D eigenvalue weighted by molar-refractivity contribution is 4.65. The van der Waals surface area contributed by atoms with E-state index in [4.69, 9.17) is 0 Å². The summed E-state index contributed by atoms with van der Waals surface area (Å²) in [6, 6.07) is 0.